The van der Waals surface area contributed by atoms with Crippen LogP contribution in [0.1, 0.15) is 99.6 Å². The topological polar surface area (TPSA) is 197 Å². The Morgan fingerprint density at radius 2 is 1.68 bits per heavy atom. The Morgan fingerprint density at radius 1 is 0.911 bits per heavy atom. The van der Waals surface area contributed by atoms with Gasteiger partial charge >= 0.3 is 0 Å². The second-order valence-electron chi connectivity index (χ2n) is 14.9. The molecule has 0 radical (unpaired) electrons. The summed E-state index contributed by atoms with van der Waals surface area (Å²) in [6, 6.07) is 7.44. The molecule has 16 nitrogen and oxygen atoms in total. The number of ketones is 1. The number of amides is 5. The van der Waals surface area contributed by atoms with E-state index in [0.29, 0.717) is 55.0 Å². The summed E-state index contributed by atoms with van der Waals surface area (Å²) >= 11 is 0. The SMILES string of the molecule is CC(=O)c1c(C)c2cnc(Cc3ccc(N4CCN(CC(=O)Nc5cccc6c5C(=O)N(C5CCC(=O)NC5=O)C6=O)CC4)cn3)nc2n(C2CCCC2)c1=O. The number of aromatic nitrogens is 4. The number of piperazine rings is 1. The molecule has 1 atom stereocenters. The van der Waals surface area contributed by atoms with Crippen molar-refractivity contribution < 1.29 is 28.8 Å². The molecule has 288 valence electrons. The van der Waals surface area contributed by atoms with Crippen molar-refractivity contribution >= 4 is 57.7 Å². The maximum absolute atomic E-state index is 13.6. The smallest absolute Gasteiger partial charge is 0.264 e. The summed E-state index contributed by atoms with van der Waals surface area (Å²) in [5.74, 6) is -2.53. The minimum atomic E-state index is -1.10. The summed E-state index contributed by atoms with van der Waals surface area (Å²) < 4.78 is 1.71. The van der Waals surface area contributed by atoms with Crippen molar-refractivity contribution in [3.8, 4) is 0 Å². The van der Waals surface area contributed by atoms with Crippen molar-refractivity contribution in [1.82, 2.24) is 34.6 Å². The van der Waals surface area contributed by atoms with Crippen molar-refractivity contribution in [2.75, 3.05) is 42.9 Å². The van der Waals surface area contributed by atoms with Crippen LogP contribution in [0.2, 0.25) is 0 Å². The van der Waals surface area contributed by atoms with Gasteiger partial charge in [-0.15, -0.1) is 0 Å². The second-order valence-corrected chi connectivity index (χ2v) is 14.9. The number of hydrogen-bond acceptors (Lipinski definition) is 12. The highest BCUT2D eigenvalue weighted by molar-refractivity contribution is 6.26. The van der Waals surface area contributed by atoms with Gasteiger partial charge in [-0.2, -0.15) is 0 Å². The van der Waals surface area contributed by atoms with Crippen LogP contribution < -0.4 is 21.1 Å². The zero-order valence-corrected chi connectivity index (χ0v) is 31.2. The molecule has 0 spiro atoms. The molecule has 2 N–H and O–H groups in total. The molecule has 0 bridgehead atoms. The number of nitrogens with zero attached hydrogens (tertiary/aromatic N) is 7. The first-order chi connectivity index (χ1) is 27.0. The lowest BCUT2D eigenvalue weighted by Crippen LogP contribution is -2.54. The Morgan fingerprint density at radius 3 is 2.38 bits per heavy atom. The Hall–Kier alpha value is -6.16. The van der Waals surface area contributed by atoms with E-state index in [1.807, 2.05) is 23.2 Å². The number of Topliss-reactive ketones (excluding diaryl/α,β-unsaturated/α-hetero) is 1. The first-order valence-electron chi connectivity index (χ1n) is 19.0. The molecule has 1 aromatic carbocycles. The van der Waals surface area contributed by atoms with Crippen LogP contribution in [-0.2, 0) is 20.8 Å². The average molecular weight is 760 g/mol. The molecule has 1 unspecified atom stereocenters. The minimum Gasteiger partial charge on any atom is -0.368 e. The average Bonchev–Trinajstić information content (AvgIpc) is 3.79. The third-order valence-corrected chi connectivity index (χ3v) is 11.3. The summed E-state index contributed by atoms with van der Waals surface area (Å²) in [6.45, 7) is 5.77. The van der Waals surface area contributed by atoms with Gasteiger partial charge in [0, 0.05) is 55.9 Å². The molecule has 5 amide bonds. The summed E-state index contributed by atoms with van der Waals surface area (Å²) in [6.07, 6.45) is 7.74. The van der Waals surface area contributed by atoms with E-state index in [9.17, 15) is 33.6 Å². The van der Waals surface area contributed by atoms with E-state index in [2.05, 4.69) is 20.5 Å². The van der Waals surface area contributed by atoms with Gasteiger partial charge in [-0.05, 0) is 62.9 Å². The van der Waals surface area contributed by atoms with Crippen molar-refractivity contribution in [3.63, 3.8) is 0 Å². The number of anilines is 2. The van der Waals surface area contributed by atoms with Crippen LogP contribution in [0.5, 0.6) is 0 Å². The molecule has 3 aliphatic heterocycles. The number of fused-ring (bicyclic) bond motifs is 2. The van der Waals surface area contributed by atoms with Crippen LogP contribution in [0.25, 0.3) is 11.0 Å². The number of benzene rings is 1. The Bertz CT molecular complexity index is 2380. The first-order valence-corrected chi connectivity index (χ1v) is 19.0. The van der Waals surface area contributed by atoms with Crippen molar-refractivity contribution in [2.45, 2.75) is 70.9 Å². The van der Waals surface area contributed by atoms with E-state index in [-0.39, 0.29) is 65.1 Å². The van der Waals surface area contributed by atoms with Gasteiger partial charge in [0.05, 0.1) is 47.2 Å². The largest absolute Gasteiger partial charge is 0.368 e. The maximum atomic E-state index is 13.6. The zero-order valence-electron chi connectivity index (χ0n) is 31.2. The van der Waals surface area contributed by atoms with Crippen LogP contribution in [0.15, 0.2) is 47.5 Å². The molecule has 2 saturated heterocycles. The van der Waals surface area contributed by atoms with E-state index in [4.69, 9.17) is 9.97 Å². The normalized spacial score (nSPS) is 19.1. The molecular weight excluding hydrogens is 718 g/mol. The van der Waals surface area contributed by atoms with Gasteiger partial charge in [0.2, 0.25) is 17.7 Å². The van der Waals surface area contributed by atoms with E-state index >= 15 is 0 Å². The molecule has 1 saturated carbocycles. The Labute approximate surface area is 321 Å². The first kappa shape index (κ1) is 36.8. The van der Waals surface area contributed by atoms with E-state index in [1.54, 1.807) is 29.8 Å². The van der Waals surface area contributed by atoms with Crippen LogP contribution in [0, 0.1) is 6.92 Å². The second kappa shape index (κ2) is 14.8. The van der Waals surface area contributed by atoms with E-state index < -0.39 is 29.7 Å². The van der Waals surface area contributed by atoms with E-state index in [1.165, 1.54) is 13.0 Å². The number of aryl methyl sites for hydroxylation is 1. The highest BCUT2D eigenvalue weighted by Gasteiger charge is 2.45. The lowest BCUT2D eigenvalue weighted by Gasteiger charge is -2.35. The third-order valence-electron chi connectivity index (χ3n) is 11.3. The van der Waals surface area contributed by atoms with Crippen LogP contribution in [-0.4, -0.2) is 103 Å². The van der Waals surface area contributed by atoms with Gasteiger partial charge in [0.25, 0.3) is 17.4 Å². The highest BCUT2D eigenvalue weighted by atomic mass is 16.2. The molecule has 56 heavy (non-hydrogen) atoms. The summed E-state index contributed by atoms with van der Waals surface area (Å²) in [4.78, 5) is 109. The molecule has 8 rings (SSSR count). The fourth-order valence-electron chi connectivity index (χ4n) is 8.42. The van der Waals surface area contributed by atoms with Crippen LogP contribution in [0.4, 0.5) is 11.4 Å². The molecule has 3 aromatic heterocycles. The number of rotatable bonds is 9. The summed E-state index contributed by atoms with van der Waals surface area (Å²) in [5, 5.41) is 5.68. The van der Waals surface area contributed by atoms with Gasteiger partial charge in [-0.1, -0.05) is 18.9 Å². The van der Waals surface area contributed by atoms with Gasteiger partial charge in [-0.3, -0.25) is 58.2 Å². The summed E-state index contributed by atoms with van der Waals surface area (Å²) in [7, 11) is 0. The standard InChI is InChI=1S/C40H41N9O7/c1-22-28-20-42-31(44-36(28)48(25-6-3-4-7-25)39(55)34(22)23(2)50)18-24-10-11-26(19-41-24)47-16-14-46(15-17-47)21-33(52)43-29-9-5-8-27-35(29)40(56)49(38(27)54)30-12-13-32(51)45-37(30)53/h5,8-11,19-20,25,30H,3-4,6-7,12-18,21H2,1-2H3,(H,43,52)(H,45,51,53). The van der Waals surface area contributed by atoms with Crippen LogP contribution in [0.3, 0.4) is 0 Å². The predicted octanol–water partition coefficient (Wildman–Crippen LogP) is 2.57. The number of pyridine rings is 2. The van der Waals surface area contributed by atoms with E-state index in [0.717, 1.165) is 42.0 Å². The molecule has 6 heterocycles. The molecule has 1 aliphatic carbocycles. The van der Waals surface area contributed by atoms with Crippen molar-refractivity contribution in [2.24, 2.45) is 0 Å². The monoisotopic (exact) mass is 759 g/mol. The lowest BCUT2D eigenvalue weighted by atomic mass is 10.0. The lowest BCUT2D eigenvalue weighted by molar-refractivity contribution is -0.136. The summed E-state index contributed by atoms with van der Waals surface area (Å²) in [5.41, 5.74) is 3.11. The maximum Gasteiger partial charge on any atom is 0.264 e. The number of hydrogen-bond donors (Lipinski definition) is 2. The Balaban J connectivity index is 0.885. The van der Waals surface area contributed by atoms with Crippen LogP contribution >= 0.6 is 0 Å². The number of carbonyl (C=O) groups is 6. The van der Waals surface area contributed by atoms with Gasteiger partial charge < -0.3 is 10.2 Å². The molecule has 4 aromatic rings. The van der Waals surface area contributed by atoms with Gasteiger partial charge in [0.1, 0.15) is 17.5 Å². The fourth-order valence-corrected chi connectivity index (χ4v) is 8.42. The van der Waals surface area contributed by atoms with Crippen molar-refractivity contribution in [3.05, 3.63) is 86.9 Å². The molecule has 3 fully saturated rings. The number of nitrogens with one attached hydrogen (secondary N) is 2. The number of piperidine rings is 1. The molecular formula is C40H41N9O7. The molecule has 16 heteroatoms. The third kappa shape index (κ3) is 6.73. The van der Waals surface area contributed by atoms with Crippen molar-refractivity contribution in [1.29, 1.82) is 0 Å². The highest BCUT2D eigenvalue weighted by Crippen LogP contribution is 2.33. The fraction of sp³-hybridized carbons (Fsp3) is 0.400. The number of carbonyl (C=O) groups excluding carboxylic acids is 6. The quantitative estimate of drug-likeness (QED) is 0.187. The van der Waals surface area contributed by atoms with Gasteiger partial charge in [0.15, 0.2) is 5.78 Å². The predicted molar refractivity (Wildman–Crippen MR) is 203 cm³/mol. The number of imide groups is 2. The molecule has 4 aliphatic rings. The van der Waals surface area contributed by atoms with Gasteiger partial charge in [-0.25, -0.2) is 9.97 Å². The zero-order chi connectivity index (χ0) is 39.2. The minimum absolute atomic E-state index is 0.000761. The Kier molecular flexibility index (Phi) is 9.74.